The van der Waals surface area contributed by atoms with Gasteiger partial charge in [-0.25, -0.2) is 4.98 Å². The van der Waals surface area contributed by atoms with Gasteiger partial charge in [0, 0.05) is 17.5 Å². The molecule has 4 nitrogen and oxygen atoms in total. The van der Waals surface area contributed by atoms with Gasteiger partial charge in [-0.15, -0.1) is 11.3 Å². The maximum Gasteiger partial charge on any atom is 0.310 e. The molecule has 3 rings (SSSR count). The number of unbranched alkanes of at least 4 members (excludes halogenated alkanes) is 3. The zero-order valence-corrected chi connectivity index (χ0v) is 16.7. The number of nitrogens with zero attached hydrogens (tertiary/aromatic N) is 1. The number of ether oxygens (including phenoxy) is 1. The van der Waals surface area contributed by atoms with E-state index >= 15 is 0 Å². The molecule has 0 aliphatic carbocycles. The number of carbonyl (C=O) groups is 1. The van der Waals surface area contributed by atoms with Gasteiger partial charge in [-0.3, -0.25) is 4.79 Å². The number of aromatic nitrogens is 1. The number of hydrogen-bond donors (Lipinski definition) is 1. The van der Waals surface area contributed by atoms with Crippen LogP contribution in [0.3, 0.4) is 0 Å². The van der Waals surface area contributed by atoms with Crippen molar-refractivity contribution in [2.45, 2.75) is 64.9 Å². The van der Waals surface area contributed by atoms with E-state index < -0.39 is 5.60 Å². The van der Waals surface area contributed by atoms with Crippen LogP contribution in [0.25, 0.3) is 0 Å². The highest BCUT2D eigenvalue weighted by Gasteiger charge is 2.45. The minimum Gasteiger partial charge on any atom is -0.453 e. The van der Waals surface area contributed by atoms with E-state index in [9.17, 15) is 4.79 Å². The molecule has 0 unspecified atom stereocenters. The van der Waals surface area contributed by atoms with Crippen LogP contribution in [-0.2, 0) is 15.1 Å². The molecule has 0 saturated carbocycles. The van der Waals surface area contributed by atoms with Crippen molar-refractivity contribution in [1.82, 2.24) is 4.98 Å². The molecule has 1 aliphatic rings. The summed E-state index contributed by atoms with van der Waals surface area (Å²) in [6.07, 6.45) is 6.39. The van der Waals surface area contributed by atoms with Crippen molar-refractivity contribution in [3.63, 3.8) is 0 Å². The highest BCUT2D eigenvalue weighted by Crippen LogP contribution is 2.42. The minimum atomic E-state index is -0.601. The van der Waals surface area contributed by atoms with E-state index in [1.165, 1.54) is 24.8 Å². The second-order valence-electron chi connectivity index (χ2n) is 7.43. The summed E-state index contributed by atoms with van der Waals surface area (Å²) in [5.41, 5.74) is 2.49. The lowest BCUT2D eigenvalue weighted by atomic mass is 9.90. The standard InChI is InChI=1S/C21H28N2O2S/c1-4-5-6-7-8-16-13-21(3,25-19(16)24)18-14-26-20(23-18)22-17-11-9-15(2)10-12-17/h9-12,14,16H,4-8,13H2,1-3H3,(H,22,23)/t16-,21-/m0/s1. The molecule has 0 amide bonds. The molecule has 1 fully saturated rings. The Morgan fingerprint density at radius 3 is 2.77 bits per heavy atom. The molecule has 2 aromatic rings. The number of anilines is 2. The van der Waals surface area contributed by atoms with Crippen molar-refractivity contribution >= 4 is 28.1 Å². The lowest BCUT2D eigenvalue weighted by molar-refractivity contribution is -0.150. The highest BCUT2D eigenvalue weighted by atomic mass is 32.1. The molecule has 1 saturated heterocycles. The van der Waals surface area contributed by atoms with E-state index in [0.717, 1.165) is 35.8 Å². The van der Waals surface area contributed by atoms with Crippen LogP contribution in [0.4, 0.5) is 10.8 Å². The van der Waals surface area contributed by atoms with E-state index in [2.05, 4.69) is 31.3 Å². The largest absolute Gasteiger partial charge is 0.453 e. The molecule has 1 aromatic heterocycles. The Kier molecular flexibility index (Phi) is 5.97. The first-order valence-corrected chi connectivity index (χ1v) is 10.4. The average molecular weight is 373 g/mol. The van der Waals surface area contributed by atoms with E-state index in [0.29, 0.717) is 0 Å². The number of nitrogens with one attached hydrogen (secondary N) is 1. The predicted molar refractivity (Wildman–Crippen MR) is 107 cm³/mol. The maximum absolute atomic E-state index is 12.3. The third-order valence-electron chi connectivity index (χ3n) is 5.05. The van der Waals surface area contributed by atoms with Crippen molar-refractivity contribution in [3.8, 4) is 0 Å². The molecule has 1 aliphatic heterocycles. The normalized spacial score (nSPS) is 22.4. The molecule has 26 heavy (non-hydrogen) atoms. The van der Waals surface area contributed by atoms with Gasteiger partial charge in [-0.1, -0.05) is 50.3 Å². The molecular formula is C21H28N2O2S. The second-order valence-corrected chi connectivity index (χ2v) is 8.29. The number of aryl methyl sites for hydroxylation is 1. The summed E-state index contributed by atoms with van der Waals surface area (Å²) in [6.45, 7) is 6.26. The summed E-state index contributed by atoms with van der Waals surface area (Å²) >= 11 is 1.55. The fourth-order valence-electron chi connectivity index (χ4n) is 3.43. The number of cyclic esters (lactones) is 1. The van der Waals surface area contributed by atoms with Gasteiger partial charge in [-0.05, 0) is 32.4 Å². The van der Waals surface area contributed by atoms with Crippen LogP contribution >= 0.6 is 11.3 Å². The summed E-state index contributed by atoms with van der Waals surface area (Å²) in [5, 5.41) is 6.16. The smallest absolute Gasteiger partial charge is 0.310 e. The van der Waals surface area contributed by atoms with Crippen LogP contribution in [0.2, 0.25) is 0 Å². The van der Waals surface area contributed by atoms with Crippen LogP contribution in [0, 0.1) is 12.8 Å². The van der Waals surface area contributed by atoms with Crippen LogP contribution in [0.1, 0.15) is 63.6 Å². The van der Waals surface area contributed by atoms with Crippen molar-refractivity contribution in [2.24, 2.45) is 5.92 Å². The first-order valence-electron chi connectivity index (χ1n) is 9.53. The van der Waals surface area contributed by atoms with Gasteiger partial charge >= 0.3 is 5.97 Å². The third-order valence-corrected chi connectivity index (χ3v) is 5.81. The van der Waals surface area contributed by atoms with Crippen molar-refractivity contribution in [1.29, 1.82) is 0 Å². The van der Waals surface area contributed by atoms with Crippen molar-refractivity contribution in [2.75, 3.05) is 5.32 Å². The molecule has 1 N–H and O–H groups in total. The lowest BCUT2D eigenvalue weighted by Gasteiger charge is -2.20. The Balaban J connectivity index is 1.62. The number of esters is 1. The molecule has 140 valence electrons. The van der Waals surface area contributed by atoms with Crippen LogP contribution in [-0.4, -0.2) is 11.0 Å². The van der Waals surface area contributed by atoms with Crippen molar-refractivity contribution in [3.05, 3.63) is 40.9 Å². The fourth-order valence-corrected chi connectivity index (χ4v) is 4.28. The zero-order chi connectivity index (χ0) is 18.6. The Morgan fingerprint density at radius 2 is 2.04 bits per heavy atom. The molecule has 2 heterocycles. The van der Waals surface area contributed by atoms with Gasteiger partial charge in [-0.2, -0.15) is 0 Å². The molecule has 2 atom stereocenters. The van der Waals surface area contributed by atoms with E-state index in [1.54, 1.807) is 11.3 Å². The Bertz CT molecular complexity index is 741. The SMILES string of the molecule is CCCCCC[C@H]1C[C@@](C)(c2csc(Nc3ccc(C)cc3)n2)OC1=O. The fraction of sp³-hybridized carbons (Fsp3) is 0.524. The number of thiazole rings is 1. The molecule has 0 bridgehead atoms. The summed E-state index contributed by atoms with van der Waals surface area (Å²) in [5.74, 6) is -0.0582. The highest BCUT2D eigenvalue weighted by molar-refractivity contribution is 7.13. The van der Waals surface area contributed by atoms with Gasteiger partial charge in [0.15, 0.2) is 10.7 Å². The number of benzene rings is 1. The van der Waals surface area contributed by atoms with Crippen LogP contribution in [0.5, 0.6) is 0 Å². The molecule has 0 spiro atoms. The Labute approximate surface area is 160 Å². The summed E-state index contributed by atoms with van der Waals surface area (Å²) in [4.78, 5) is 17.0. The lowest BCUT2D eigenvalue weighted by Crippen LogP contribution is -2.21. The number of carbonyl (C=O) groups excluding carboxylic acids is 1. The average Bonchev–Trinajstić information content (AvgIpc) is 3.19. The van der Waals surface area contributed by atoms with E-state index in [-0.39, 0.29) is 11.9 Å². The topological polar surface area (TPSA) is 51.2 Å². The maximum atomic E-state index is 12.3. The zero-order valence-electron chi connectivity index (χ0n) is 15.9. The van der Waals surface area contributed by atoms with E-state index in [1.807, 2.05) is 24.4 Å². The van der Waals surface area contributed by atoms with Crippen LogP contribution < -0.4 is 5.32 Å². The number of rotatable bonds is 8. The van der Waals surface area contributed by atoms with Gasteiger partial charge in [0.05, 0.1) is 11.6 Å². The molecule has 0 radical (unpaired) electrons. The first kappa shape index (κ1) is 18.9. The van der Waals surface area contributed by atoms with Gasteiger partial charge in [0.25, 0.3) is 0 Å². The van der Waals surface area contributed by atoms with E-state index in [4.69, 9.17) is 9.72 Å². The van der Waals surface area contributed by atoms with Crippen LogP contribution in [0.15, 0.2) is 29.6 Å². The first-order chi connectivity index (χ1) is 12.5. The number of hydrogen-bond acceptors (Lipinski definition) is 5. The summed E-state index contributed by atoms with van der Waals surface area (Å²) in [7, 11) is 0. The summed E-state index contributed by atoms with van der Waals surface area (Å²) in [6, 6.07) is 8.22. The second kappa shape index (κ2) is 8.21. The Morgan fingerprint density at radius 1 is 1.27 bits per heavy atom. The minimum absolute atomic E-state index is 0.00654. The third kappa shape index (κ3) is 4.44. The van der Waals surface area contributed by atoms with Gasteiger partial charge in [0.2, 0.25) is 0 Å². The summed E-state index contributed by atoms with van der Waals surface area (Å²) < 4.78 is 5.76. The monoisotopic (exact) mass is 372 g/mol. The quantitative estimate of drug-likeness (QED) is 0.460. The Hall–Kier alpha value is -1.88. The predicted octanol–water partition coefficient (Wildman–Crippen LogP) is 5.94. The van der Waals surface area contributed by atoms with Gasteiger partial charge in [0.1, 0.15) is 0 Å². The molecular weight excluding hydrogens is 344 g/mol. The molecule has 5 heteroatoms. The van der Waals surface area contributed by atoms with Crippen molar-refractivity contribution < 1.29 is 9.53 Å². The molecule has 1 aromatic carbocycles. The van der Waals surface area contributed by atoms with Gasteiger partial charge < -0.3 is 10.1 Å².